The molecule has 10 heteroatoms. The number of carbonyl (C=O) groups excluding carboxylic acids is 1. The fourth-order valence-corrected chi connectivity index (χ4v) is 2.62. The number of nitrogens with two attached hydrogens (primary N) is 1. The number of nitrogens with zero attached hydrogens (tertiary/aromatic N) is 5. The highest BCUT2D eigenvalue weighted by Crippen LogP contribution is 2.19. The summed E-state index contributed by atoms with van der Waals surface area (Å²) >= 11 is 3.44. The number of hydrogen-bond acceptors (Lipinski definition) is 7. The summed E-state index contributed by atoms with van der Waals surface area (Å²) < 4.78 is 8.02. The van der Waals surface area contributed by atoms with Gasteiger partial charge >= 0.3 is 0 Å². The van der Waals surface area contributed by atoms with Crippen LogP contribution in [0.5, 0.6) is 5.75 Å². The van der Waals surface area contributed by atoms with E-state index >= 15 is 0 Å². The molecule has 1 amide bonds. The van der Waals surface area contributed by atoms with Crippen molar-refractivity contribution in [2.24, 2.45) is 5.10 Å². The molecular formula is C17H16BrN7O2. The number of ether oxygens (including phenoxy) is 1. The van der Waals surface area contributed by atoms with Crippen molar-refractivity contribution in [3.8, 4) is 5.75 Å². The van der Waals surface area contributed by atoms with Crippen LogP contribution in [0, 0.1) is 0 Å². The summed E-state index contributed by atoms with van der Waals surface area (Å²) in [7, 11) is 0. The quantitative estimate of drug-likeness (QED) is 0.435. The van der Waals surface area contributed by atoms with Gasteiger partial charge in [0.05, 0.1) is 6.21 Å². The molecule has 0 saturated carbocycles. The molecule has 0 aliphatic heterocycles. The van der Waals surface area contributed by atoms with Crippen molar-refractivity contribution in [2.45, 2.75) is 13.2 Å². The standard InChI is InChI=1S/C17H16BrN7O2/c18-14-6-3-4-12(8-14)11-27-15-7-2-1-5-13(15)9-20-21-16(26)10-25-17(19)22-23-24-25/h1-9H,10-11H2,(H,21,26)(H2,19,22,24)/b20-9-. The summed E-state index contributed by atoms with van der Waals surface area (Å²) in [5, 5.41) is 14.4. The number of amides is 1. The number of rotatable bonds is 7. The molecule has 0 aliphatic rings. The van der Waals surface area contributed by atoms with Gasteiger partial charge < -0.3 is 10.5 Å². The molecule has 1 aromatic heterocycles. The second-order valence-electron chi connectivity index (χ2n) is 5.44. The van der Waals surface area contributed by atoms with Crippen LogP contribution in [0.25, 0.3) is 0 Å². The van der Waals surface area contributed by atoms with Gasteiger partial charge in [-0.25, -0.2) is 10.1 Å². The predicted molar refractivity (Wildman–Crippen MR) is 103 cm³/mol. The van der Waals surface area contributed by atoms with E-state index < -0.39 is 5.91 Å². The zero-order valence-corrected chi connectivity index (χ0v) is 15.7. The molecule has 3 aromatic rings. The second-order valence-corrected chi connectivity index (χ2v) is 6.36. The molecule has 0 aliphatic carbocycles. The van der Waals surface area contributed by atoms with Crippen LogP contribution in [0.15, 0.2) is 58.1 Å². The van der Waals surface area contributed by atoms with Crippen LogP contribution in [0.2, 0.25) is 0 Å². The number of halogens is 1. The predicted octanol–water partition coefficient (Wildman–Crippen LogP) is 1.75. The van der Waals surface area contributed by atoms with Crippen LogP contribution < -0.4 is 15.9 Å². The van der Waals surface area contributed by atoms with E-state index in [0.29, 0.717) is 12.4 Å². The fourth-order valence-electron chi connectivity index (χ4n) is 2.18. The van der Waals surface area contributed by atoms with Gasteiger partial charge in [-0.1, -0.05) is 45.3 Å². The highest BCUT2D eigenvalue weighted by Gasteiger charge is 2.07. The Morgan fingerprint density at radius 2 is 2.15 bits per heavy atom. The Kier molecular flexibility index (Phi) is 6.10. The maximum absolute atomic E-state index is 11.8. The first-order valence-electron chi connectivity index (χ1n) is 7.91. The third kappa shape index (κ3) is 5.35. The van der Waals surface area contributed by atoms with Crippen LogP contribution in [0.4, 0.5) is 5.95 Å². The average Bonchev–Trinajstić information content (AvgIpc) is 3.05. The van der Waals surface area contributed by atoms with Gasteiger partial charge in [0.25, 0.3) is 5.91 Å². The van der Waals surface area contributed by atoms with Crippen LogP contribution in [0.1, 0.15) is 11.1 Å². The van der Waals surface area contributed by atoms with Crippen LogP contribution >= 0.6 is 15.9 Å². The molecule has 3 N–H and O–H groups in total. The monoisotopic (exact) mass is 429 g/mol. The van der Waals surface area contributed by atoms with Gasteiger partial charge in [-0.3, -0.25) is 4.79 Å². The number of nitrogens with one attached hydrogen (secondary N) is 1. The Labute approximate surface area is 163 Å². The van der Waals surface area contributed by atoms with Gasteiger partial charge in [-0.2, -0.15) is 5.10 Å². The number of anilines is 1. The number of carbonyl (C=O) groups is 1. The number of tetrazole rings is 1. The lowest BCUT2D eigenvalue weighted by Gasteiger charge is -2.09. The molecule has 0 saturated heterocycles. The number of hydrazone groups is 1. The van der Waals surface area contributed by atoms with Crippen LogP contribution in [-0.4, -0.2) is 32.3 Å². The largest absolute Gasteiger partial charge is 0.488 e. The number of para-hydroxylation sites is 1. The van der Waals surface area contributed by atoms with Gasteiger partial charge in [0, 0.05) is 10.0 Å². The van der Waals surface area contributed by atoms with Crippen molar-refractivity contribution >= 4 is 34.0 Å². The van der Waals surface area contributed by atoms with Gasteiger partial charge in [0.15, 0.2) is 0 Å². The fraction of sp³-hybridized carbons (Fsp3) is 0.118. The number of nitrogen functional groups attached to an aromatic ring is 1. The molecule has 138 valence electrons. The smallest absolute Gasteiger partial charge is 0.261 e. The van der Waals surface area contributed by atoms with Crippen molar-refractivity contribution < 1.29 is 9.53 Å². The molecule has 0 fully saturated rings. The molecule has 2 aromatic carbocycles. The van der Waals surface area contributed by atoms with E-state index in [-0.39, 0.29) is 12.5 Å². The van der Waals surface area contributed by atoms with Crippen molar-refractivity contribution in [3.05, 3.63) is 64.1 Å². The Hall–Kier alpha value is -3.27. The zero-order chi connectivity index (χ0) is 19.1. The van der Waals surface area contributed by atoms with Gasteiger partial charge in [-0.15, -0.1) is 0 Å². The van der Waals surface area contributed by atoms with E-state index in [0.717, 1.165) is 15.6 Å². The lowest BCUT2D eigenvalue weighted by atomic mass is 10.2. The van der Waals surface area contributed by atoms with Crippen molar-refractivity contribution in [2.75, 3.05) is 5.73 Å². The van der Waals surface area contributed by atoms with E-state index in [1.165, 1.54) is 10.9 Å². The Morgan fingerprint density at radius 1 is 1.30 bits per heavy atom. The van der Waals surface area contributed by atoms with E-state index in [9.17, 15) is 4.79 Å². The molecule has 9 nitrogen and oxygen atoms in total. The lowest BCUT2D eigenvalue weighted by molar-refractivity contribution is -0.121. The maximum atomic E-state index is 11.8. The summed E-state index contributed by atoms with van der Waals surface area (Å²) in [4.78, 5) is 11.8. The van der Waals surface area contributed by atoms with Gasteiger partial charge in [0.1, 0.15) is 18.9 Å². The highest BCUT2D eigenvalue weighted by molar-refractivity contribution is 9.10. The normalized spacial score (nSPS) is 10.9. The molecule has 3 rings (SSSR count). The van der Waals surface area contributed by atoms with Gasteiger partial charge in [-0.05, 0) is 40.3 Å². The SMILES string of the molecule is Nc1nnnn1CC(=O)N/N=C\c1ccccc1OCc1cccc(Br)c1. The number of hydrogen-bond donors (Lipinski definition) is 2. The zero-order valence-electron chi connectivity index (χ0n) is 14.1. The van der Waals surface area contributed by atoms with Crippen LogP contribution in [-0.2, 0) is 17.9 Å². The number of benzene rings is 2. The molecule has 0 radical (unpaired) electrons. The molecule has 0 atom stereocenters. The Morgan fingerprint density at radius 3 is 2.93 bits per heavy atom. The summed E-state index contributed by atoms with van der Waals surface area (Å²) in [6.45, 7) is 0.284. The van der Waals surface area contributed by atoms with E-state index in [4.69, 9.17) is 10.5 Å². The first kappa shape index (κ1) is 18.5. The molecule has 0 spiro atoms. The first-order chi connectivity index (χ1) is 13.1. The molecule has 0 bridgehead atoms. The van der Waals surface area contributed by atoms with Gasteiger partial charge in [0.2, 0.25) is 5.95 Å². The summed E-state index contributed by atoms with van der Waals surface area (Å²) in [6, 6.07) is 15.3. The second kappa shape index (κ2) is 8.90. The van der Waals surface area contributed by atoms with Crippen molar-refractivity contribution in [1.29, 1.82) is 0 Å². The Bertz CT molecular complexity index is 958. The molecule has 27 heavy (non-hydrogen) atoms. The third-order valence-corrected chi connectivity index (χ3v) is 3.94. The average molecular weight is 430 g/mol. The summed E-state index contributed by atoms with van der Waals surface area (Å²) in [6.07, 6.45) is 1.51. The topological polar surface area (TPSA) is 120 Å². The molecule has 1 heterocycles. The highest BCUT2D eigenvalue weighted by atomic mass is 79.9. The summed E-state index contributed by atoms with van der Waals surface area (Å²) in [5.74, 6) is 0.304. The van der Waals surface area contributed by atoms with Crippen molar-refractivity contribution in [1.82, 2.24) is 25.6 Å². The van der Waals surface area contributed by atoms with E-state index in [2.05, 4.69) is 42.0 Å². The van der Waals surface area contributed by atoms with Crippen molar-refractivity contribution in [3.63, 3.8) is 0 Å². The Balaban J connectivity index is 1.59. The minimum Gasteiger partial charge on any atom is -0.488 e. The molecule has 0 unspecified atom stereocenters. The maximum Gasteiger partial charge on any atom is 0.261 e. The summed E-state index contributed by atoms with van der Waals surface area (Å²) in [5.41, 5.74) is 9.67. The van der Waals surface area contributed by atoms with E-state index in [1.807, 2.05) is 48.5 Å². The lowest BCUT2D eigenvalue weighted by Crippen LogP contribution is -2.24. The first-order valence-corrected chi connectivity index (χ1v) is 8.71. The number of aromatic nitrogens is 4. The minimum atomic E-state index is -0.405. The third-order valence-electron chi connectivity index (χ3n) is 3.45. The molecular weight excluding hydrogens is 414 g/mol. The minimum absolute atomic E-state index is 0.0559. The van der Waals surface area contributed by atoms with E-state index in [1.54, 1.807) is 0 Å². The van der Waals surface area contributed by atoms with Crippen LogP contribution in [0.3, 0.4) is 0 Å².